The Morgan fingerprint density at radius 1 is 1.10 bits per heavy atom. The van der Waals surface area contributed by atoms with Crippen molar-refractivity contribution in [3.63, 3.8) is 0 Å². The highest BCUT2D eigenvalue weighted by Gasteiger charge is 2.30. The Morgan fingerprint density at radius 2 is 1.77 bits per heavy atom. The van der Waals surface area contributed by atoms with Gasteiger partial charge in [0.25, 0.3) is 0 Å². The first-order valence-electron chi connectivity index (χ1n) is 9.25. The predicted molar refractivity (Wildman–Crippen MR) is 112 cm³/mol. The van der Waals surface area contributed by atoms with E-state index in [0.29, 0.717) is 34.7 Å². The molecule has 0 bridgehead atoms. The monoisotopic (exact) mass is 483 g/mol. The number of halogens is 4. The number of rotatable bonds is 7. The van der Waals surface area contributed by atoms with Crippen LogP contribution in [0.15, 0.2) is 40.9 Å². The summed E-state index contributed by atoms with van der Waals surface area (Å²) in [7, 11) is 0. The second-order valence-corrected chi connectivity index (χ2v) is 6.94. The van der Waals surface area contributed by atoms with Gasteiger partial charge >= 0.3 is 6.18 Å². The van der Waals surface area contributed by atoms with Gasteiger partial charge in [-0.25, -0.2) is 0 Å². The van der Waals surface area contributed by atoms with Crippen molar-refractivity contribution in [3.05, 3.63) is 57.6 Å². The Kier molecular flexibility index (Phi) is 8.60. The summed E-state index contributed by atoms with van der Waals surface area (Å²) >= 11 is 3.43. The zero-order valence-corrected chi connectivity index (χ0v) is 18.1. The van der Waals surface area contributed by atoms with Gasteiger partial charge in [-0.2, -0.15) is 13.2 Å². The minimum Gasteiger partial charge on any atom is -0.490 e. The fraction of sp³-hybridized carbons (Fsp3) is 0.318. The van der Waals surface area contributed by atoms with Crippen molar-refractivity contribution in [2.75, 3.05) is 19.8 Å². The molecular weight excluding hydrogens is 463 g/mol. The summed E-state index contributed by atoms with van der Waals surface area (Å²) in [4.78, 5) is 12.2. The number of carbonyl (C=O) groups is 1. The van der Waals surface area contributed by atoms with Crippen LogP contribution in [0.4, 0.5) is 13.2 Å². The summed E-state index contributed by atoms with van der Waals surface area (Å²) in [5.74, 6) is 6.15. The molecule has 0 fully saturated rings. The van der Waals surface area contributed by atoms with Crippen molar-refractivity contribution in [2.45, 2.75) is 26.4 Å². The number of hydrogen-bond donors (Lipinski definition) is 1. The molecule has 4 nitrogen and oxygen atoms in total. The van der Waals surface area contributed by atoms with Crippen LogP contribution in [0.25, 0.3) is 0 Å². The number of nitrogens with one attached hydrogen (secondary N) is 1. The fourth-order valence-corrected chi connectivity index (χ4v) is 3.01. The largest absolute Gasteiger partial charge is 0.490 e. The lowest BCUT2D eigenvalue weighted by Gasteiger charge is -2.14. The maximum absolute atomic E-state index is 12.7. The highest BCUT2D eigenvalue weighted by Crippen LogP contribution is 2.34. The maximum atomic E-state index is 12.7. The van der Waals surface area contributed by atoms with E-state index in [-0.39, 0.29) is 24.4 Å². The Bertz CT molecular complexity index is 949. The van der Waals surface area contributed by atoms with Crippen LogP contribution >= 0.6 is 15.9 Å². The Labute approximate surface area is 181 Å². The molecule has 0 atom stereocenters. The molecular formula is C22H21BrF3NO3. The second-order valence-electron chi connectivity index (χ2n) is 6.09. The molecule has 160 valence electrons. The van der Waals surface area contributed by atoms with Gasteiger partial charge < -0.3 is 14.8 Å². The van der Waals surface area contributed by atoms with Crippen LogP contribution in [0.3, 0.4) is 0 Å². The van der Waals surface area contributed by atoms with E-state index in [0.717, 1.165) is 12.1 Å². The molecule has 0 spiro atoms. The summed E-state index contributed by atoms with van der Waals surface area (Å²) in [5.41, 5.74) is 0.184. The van der Waals surface area contributed by atoms with Gasteiger partial charge in [0, 0.05) is 10.0 Å². The van der Waals surface area contributed by atoms with Crippen molar-refractivity contribution in [1.29, 1.82) is 0 Å². The van der Waals surface area contributed by atoms with E-state index >= 15 is 0 Å². The van der Waals surface area contributed by atoms with E-state index in [1.54, 1.807) is 12.1 Å². The number of alkyl halides is 3. The van der Waals surface area contributed by atoms with Crippen molar-refractivity contribution in [2.24, 2.45) is 0 Å². The summed E-state index contributed by atoms with van der Waals surface area (Å²) in [6, 6.07) is 8.23. The average molecular weight is 484 g/mol. The Balaban J connectivity index is 1.99. The lowest BCUT2D eigenvalue weighted by atomic mass is 10.1. The van der Waals surface area contributed by atoms with Crippen LogP contribution in [-0.2, 0) is 17.4 Å². The molecule has 2 rings (SSSR count). The van der Waals surface area contributed by atoms with Crippen LogP contribution in [0, 0.1) is 11.8 Å². The summed E-state index contributed by atoms with van der Waals surface area (Å²) in [5, 5.41) is 2.64. The lowest BCUT2D eigenvalue weighted by Crippen LogP contribution is -2.25. The SMILES string of the molecule is CCOc1cc(Br)c(CC(=O)NCC#Cc2cccc(C(F)(F)F)c2)cc1OCC. The summed E-state index contributed by atoms with van der Waals surface area (Å²) in [6.45, 7) is 4.68. The molecule has 0 aromatic heterocycles. The maximum Gasteiger partial charge on any atom is 0.416 e. The Hall–Kier alpha value is -2.66. The highest BCUT2D eigenvalue weighted by molar-refractivity contribution is 9.10. The molecule has 0 radical (unpaired) electrons. The topological polar surface area (TPSA) is 47.6 Å². The van der Waals surface area contributed by atoms with Crippen LogP contribution in [-0.4, -0.2) is 25.7 Å². The zero-order valence-electron chi connectivity index (χ0n) is 16.5. The van der Waals surface area contributed by atoms with E-state index < -0.39 is 11.7 Å². The van der Waals surface area contributed by atoms with E-state index in [9.17, 15) is 18.0 Å². The van der Waals surface area contributed by atoms with Crippen molar-refractivity contribution < 1.29 is 27.4 Å². The minimum absolute atomic E-state index is 0.0159. The lowest BCUT2D eigenvalue weighted by molar-refractivity contribution is -0.137. The molecule has 0 saturated carbocycles. The fourth-order valence-electron chi connectivity index (χ4n) is 2.55. The molecule has 1 amide bonds. The van der Waals surface area contributed by atoms with Gasteiger partial charge in [0.1, 0.15) is 0 Å². The normalized spacial score (nSPS) is 10.7. The van der Waals surface area contributed by atoms with Crippen LogP contribution in [0.1, 0.15) is 30.5 Å². The van der Waals surface area contributed by atoms with E-state index in [1.165, 1.54) is 12.1 Å². The van der Waals surface area contributed by atoms with Crippen LogP contribution in [0.5, 0.6) is 11.5 Å². The molecule has 1 N–H and O–H groups in total. The average Bonchev–Trinajstić information content (AvgIpc) is 2.68. The number of amides is 1. The quantitative estimate of drug-likeness (QED) is 0.565. The molecule has 2 aromatic rings. The van der Waals surface area contributed by atoms with E-state index in [1.807, 2.05) is 13.8 Å². The first-order chi connectivity index (χ1) is 14.2. The molecule has 2 aromatic carbocycles. The number of benzene rings is 2. The molecule has 0 aliphatic carbocycles. The number of carbonyl (C=O) groups excluding carboxylic acids is 1. The van der Waals surface area contributed by atoms with Crippen molar-refractivity contribution in [3.8, 4) is 23.3 Å². The van der Waals surface area contributed by atoms with Gasteiger partial charge in [0.2, 0.25) is 5.91 Å². The first kappa shape index (κ1) is 23.6. The Morgan fingerprint density at radius 3 is 2.40 bits per heavy atom. The van der Waals surface area contributed by atoms with E-state index in [4.69, 9.17) is 9.47 Å². The molecule has 0 heterocycles. The molecule has 0 aliphatic rings. The number of hydrogen-bond acceptors (Lipinski definition) is 3. The van der Waals surface area contributed by atoms with Gasteiger partial charge in [-0.05, 0) is 49.7 Å². The molecule has 0 saturated heterocycles. The second kappa shape index (κ2) is 10.9. The van der Waals surface area contributed by atoms with Gasteiger partial charge in [-0.3, -0.25) is 4.79 Å². The van der Waals surface area contributed by atoms with Gasteiger partial charge in [-0.1, -0.05) is 33.8 Å². The van der Waals surface area contributed by atoms with Crippen LogP contribution < -0.4 is 14.8 Å². The molecule has 0 unspecified atom stereocenters. The van der Waals surface area contributed by atoms with Gasteiger partial charge in [0.15, 0.2) is 11.5 Å². The zero-order chi connectivity index (χ0) is 22.1. The third-order valence-electron chi connectivity index (χ3n) is 3.86. The van der Waals surface area contributed by atoms with Gasteiger partial charge in [-0.15, -0.1) is 0 Å². The third kappa shape index (κ3) is 6.99. The standard InChI is InChI=1S/C22H21BrF3NO3/c1-3-29-19-12-16(18(23)14-20(19)30-4-2)13-21(28)27-10-6-8-15-7-5-9-17(11-15)22(24,25)26/h5,7,9,11-12,14H,3-4,10,13H2,1-2H3,(H,27,28). The highest BCUT2D eigenvalue weighted by atomic mass is 79.9. The predicted octanol–water partition coefficient (Wildman–Crippen LogP) is 4.98. The molecule has 8 heteroatoms. The molecule has 30 heavy (non-hydrogen) atoms. The first-order valence-corrected chi connectivity index (χ1v) is 10.0. The molecule has 0 aliphatic heterocycles. The van der Waals surface area contributed by atoms with Crippen molar-refractivity contribution in [1.82, 2.24) is 5.32 Å². The van der Waals surface area contributed by atoms with E-state index in [2.05, 4.69) is 33.1 Å². The third-order valence-corrected chi connectivity index (χ3v) is 4.60. The summed E-state index contributed by atoms with van der Waals surface area (Å²) in [6.07, 6.45) is -4.34. The minimum atomic E-state index is -4.42. The summed E-state index contributed by atoms with van der Waals surface area (Å²) < 4.78 is 50.0. The van der Waals surface area contributed by atoms with Crippen LogP contribution in [0.2, 0.25) is 0 Å². The van der Waals surface area contributed by atoms with Crippen molar-refractivity contribution >= 4 is 21.8 Å². The van der Waals surface area contributed by atoms with Gasteiger partial charge in [0.05, 0.1) is 31.7 Å². The smallest absolute Gasteiger partial charge is 0.416 e. The number of ether oxygens (including phenoxy) is 2.